The Hall–Kier alpha value is -1.40. The Bertz CT molecular complexity index is 401. The highest BCUT2D eigenvalue weighted by atomic mass is 16.5. The van der Waals surface area contributed by atoms with Gasteiger partial charge in [0, 0.05) is 18.7 Å². The summed E-state index contributed by atoms with van der Waals surface area (Å²) in [6.07, 6.45) is 3.54. The number of carbonyl (C=O) groups excluding carboxylic acids is 1. The van der Waals surface area contributed by atoms with Gasteiger partial charge in [0.1, 0.15) is 5.69 Å². The fourth-order valence-electron chi connectivity index (χ4n) is 1.83. The number of aromatic nitrogens is 2. The number of hydrogen-bond acceptors (Lipinski definition) is 5. The van der Waals surface area contributed by atoms with Gasteiger partial charge in [-0.1, -0.05) is 0 Å². The lowest BCUT2D eigenvalue weighted by atomic mass is 10.2. The van der Waals surface area contributed by atoms with E-state index in [1.807, 2.05) is 0 Å². The zero-order valence-corrected chi connectivity index (χ0v) is 10.5. The van der Waals surface area contributed by atoms with Crippen molar-refractivity contribution in [1.82, 2.24) is 15.5 Å². The molecular formula is C12H19N3O3. The predicted molar refractivity (Wildman–Crippen MR) is 65.0 cm³/mol. The van der Waals surface area contributed by atoms with Crippen LogP contribution in [0.1, 0.15) is 35.8 Å². The van der Waals surface area contributed by atoms with Gasteiger partial charge in [0.15, 0.2) is 0 Å². The first-order valence-electron chi connectivity index (χ1n) is 6.30. The molecule has 1 saturated carbocycles. The number of aliphatic hydroxyl groups is 1. The van der Waals surface area contributed by atoms with Gasteiger partial charge in [0.05, 0.1) is 18.9 Å². The summed E-state index contributed by atoms with van der Waals surface area (Å²) in [4.78, 5) is 11.6. The fraction of sp³-hybridized carbons (Fsp3) is 0.667. The van der Waals surface area contributed by atoms with Gasteiger partial charge >= 0.3 is 5.97 Å². The van der Waals surface area contributed by atoms with Crippen LogP contribution in [-0.2, 0) is 11.3 Å². The monoisotopic (exact) mass is 253 g/mol. The zero-order valence-electron chi connectivity index (χ0n) is 10.5. The van der Waals surface area contributed by atoms with Crippen molar-refractivity contribution in [2.24, 2.45) is 5.92 Å². The Labute approximate surface area is 106 Å². The Kier molecular flexibility index (Phi) is 4.33. The number of aromatic amines is 1. The molecule has 1 aromatic rings. The molecule has 1 aliphatic carbocycles. The van der Waals surface area contributed by atoms with E-state index >= 15 is 0 Å². The average Bonchev–Trinajstić information content (AvgIpc) is 3.09. The van der Waals surface area contributed by atoms with Crippen LogP contribution in [0.15, 0.2) is 6.20 Å². The number of ether oxygens (including phenoxy) is 1. The van der Waals surface area contributed by atoms with Gasteiger partial charge < -0.3 is 15.2 Å². The number of nitrogens with one attached hydrogen (secondary N) is 2. The van der Waals surface area contributed by atoms with Gasteiger partial charge in [-0.15, -0.1) is 0 Å². The van der Waals surface area contributed by atoms with Crippen molar-refractivity contribution >= 4 is 5.97 Å². The van der Waals surface area contributed by atoms with Crippen LogP contribution in [0.3, 0.4) is 0 Å². The summed E-state index contributed by atoms with van der Waals surface area (Å²) in [5, 5.41) is 19.3. The quantitative estimate of drug-likeness (QED) is 0.614. The maximum absolute atomic E-state index is 11.6. The van der Waals surface area contributed by atoms with E-state index in [2.05, 4.69) is 15.5 Å². The van der Waals surface area contributed by atoms with Crippen LogP contribution in [0.5, 0.6) is 0 Å². The highest BCUT2D eigenvalue weighted by Gasteiger charge is 2.29. The lowest BCUT2D eigenvalue weighted by Gasteiger charge is -2.10. The predicted octanol–water partition coefficient (Wildman–Crippen LogP) is 0.447. The van der Waals surface area contributed by atoms with E-state index in [1.54, 1.807) is 13.1 Å². The molecule has 6 heteroatoms. The molecular weight excluding hydrogens is 234 g/mol. The summed E-state index contributed by atoms with van der Waals surface area (Å²) >= 11 is 0. The molecule has 1 aromatic heterocycles. The summed E-state index contributed by atoms with van der Waals surface area (Å²) in [5.41, 5.74) is 1.14. The van der Waals surface area contributed by atoms with Crippen LogP contribution in [0.4, 0.5) is 0 Å². The Morgan fingerprint density at radius 3 is 3.17 bits per heavy atom. The zero-order chi connectivity index (χ0) is 13.0. The molecule has 6 nitrogen and oxygen atoms in total. The second kappa shape index (κ2) is 5.97. The van der Waals surface area contributed by atoms with Crippen molar-refractivity contribution in [2.45, 2.75) is 32.4 Å². The number of rotatable bonds is 7. The van der Waals surface area contributed by atoms with Crippen LogP contribution in [0, 0.1) is 5.92 Å². The third-order valence-electron chi connectivity index (χ3n) is 3.03. The minimum Gasteiger partial charge on any atom is -0.461 e. The van der Waals surface area contributed by atoms with Gasteiger partial charge in [-0.2, -0.15) is 5.10 Å². The van der Waals surface area contributed by atoms with Crippen LogP contribution in [-0.4, -0.2) is 40.5 Å². The normalized spacial score (nSPS) is 16.6. The van der Waals surface area contributed by atoms with Crippen molar-refractivity contribution in [3.05, 3.63) is 17.5 Å². The molecule has 0 aromatic carbocycles. The van der Waals surface area contributed by atoms with Gasteiger partial charge in [-0.3, -0.25) is 5.10 Å². The highest BCUT2D eigenvalue weighted by Crippen LogP contribution is 2.32. The first-order valence-corrected chi connectivity index (χ1v) is 6.30. The molecule has 0 radical (unpaired) electrons. The molecule has 100 valence electrons. The number of esters is 1. The summed E-state index contributed by atoms with van der Waals surface area (Å²) in [5.74, 6) is 0.0564. The molecule has 1 heterocycles. The average molecular weight is 253 g/mol. The van der Waals surface area contributed by atoms with Crippen molar-refractivity contribution in [3.8, 4) is 0 Å². The Morgan fingerprint density at radius 1 is 1.72 bits per heavy atom. The summed E-state index contributed by atoms with van der Waals surface area (Å²) in [6, 6.07) is 0. The van der Waals surface area contributed by atoms with E-state index < -0.39 is 5.97 Å². The van der Waals surface area contributed by atoms with Crippen molar-refractivity contribution in [1.29, 1.82) is 0 Å². The summed E-state index contributed by atoms with van der Waals surface area (Å²) in [7, 11) is 0. The van der Waals surface area contributed by atoms with Crippen molar-refractivity contribution < 1.29 is 14.6 Å². The highest BCUT2D eigenvalue weighted by molar-refractivity contribution is 5.88. The summed E-state index contributed by atoms with van der Waals surface area (Å²) in [6.45, 7) is 3.13. The van der Waals surface area contributed by atoms with Crippen molar-refractivity contribution in [2.75, 3.05) is 13.2 Å². The van der Waals surface area contributed by atoms with E-state index in [4.69, 9.17) is 4.74 Å². The van der Waals surface area contributed by atoms with Crippen molar-refractivity contribution in [3.63, 3.8) is 0 Å². The molecule has 1 unspecified atom stereocenters. The second-order valence-electron chi connectivity index (χ2n) is 4.53. The maximum Gasteiger partial charge on any atom is 0.356 e. The molecule has 1 fully saturated rings. The second-order valence-corrected chi connectivity index (χ2v) is 4.53. The number of H-pyrrole nitrogens is 1. The standard InChI is InChI=1S/C12H19N3O3/c1-2-18-12(17)11-9(6-14-15-11)5-13-7-10(16)8-3-4-8/h6,8,10,13,16H,2-5,7H2,1H3,(H,14,15). The summed E-state index contributed by atoms with van der Waals surface area (Å²) < 4.78 is 4.92. The SMILES string of the molecule is CCOC(=O)c1[nH]ncc1CNCC(O)C1CC1. The van der Waals surface area contributed by atoms with Crippen LogP contribution < -0.4 is 5.32 Å². The largest absolute Gasteiger partial charge is 0.461 e. The number of aliphatic hydroxyl groups excluding tert-OH is 1. The molecule has 0 bridgehead atoms. The molecule has 2 rings (SSSR count). The van der Waals surface area contributed by atoms with E-state index in [-0.39, 0.29) is 6.10 Å². The Balaban J connectivity index is 1.81. The first kappa shape index (κ1) is 13.0. The van der Waals surface area contributed by atoms with E-state index in [0.29, 0.717) is 31.3 Å². The number of hydrogen-bond donors (Lipinski definition) is 3. The van der Waals surface area contributed by atoms with Crippen LogP contribution >= 0.6 is 0 Å². The molecule has 18 heavy (non-hydrogen) atoms. The minimum absolute atomic E-state index is 0.289. The Morgan fingerprint density at radius 2 is 2.50 bits per heavy atom. The third kappa shape index (κ3) is 3.30. The maximum atomic E-state index is 11.6. The number of nitrogens with zero attached hydrogens (tertiary/aromatic N) is 1. The topological polar surface area (TPSA) is 87.2 Å². The molecule has 0 spiro atoms. The molecule has 0 amide bonds. The number of carbonyl (C=O) groups is 1. The van der Waals surface area contributed by atoms with Gasteiger partial charge in [-0.25, -0.2) is 4.79 Å². The van der Waals surface area contributed by atoms with Crippen LogP contribution in [0.25, 0.3) is 0 Å². The smallest absolute Gasteiger partial charge is 0.356 e. The minimum atomic E-state index is -0.394. The molecule has 0 saturated heterocycles. The fourth-order valence-corrected chi connectivity index (χ4v) is 1.83. The van der Waals surface area contributed by atoms with E-state index in [1.165, 1.54) is 0 Å². The van der Waals surface area contributed by atoms with E-state index in [0.717, 1.165) is 18.4 Å². The lowest BCUT2D eigenvalue weighted by Crippen LogP contribution is -2.28. The third-order valence-corrected chi connectivity index (χ3v) is 3.03. The van der Waals surface area contributed by atoms with E-state index in [9.17, 15) is 9.90 Å². The first-order chi connectivity index (χ1) is 8.72. The molecule has 1 atom stereocenters. The van der Waals surface area contributed by atoms with Gasteiger partial charge in [-0.05, 0) is 25.7 Å². The van der Waals surface area contributed by atoms with Crippen LogP contribution in [0.2, 0.25) is 0 Å². The molecule has 0 aliphatic heterocycles. The molecule has 3 N–H and O–H groups in total. The lowest BCUT2D eigenvalue weighted by molar-refractivity contribution is 0.0518. The molecule has 1 aliphatic rings. The van der Waals surface area contributed by atoms with Gasteiger partial charge in [0.2, 0.25) is 0 Å². The van der Waals surface area contributed by atoms with Gasteiger partial charge in [0.25, 0.3) is 0 Å².